The summed E-state index contributed by atoms with van der Waals surface area (Å²) in [5, 5.41) is 8.58. The molecule has 19 heavy (non-hydrogen) atoms. The van der Waals surface area contributed by atoms with Crippen LogP contribution in [0.25, 0.3) is 0 Å². The zero-order valence-electron chi connectivity index (χ0n) is 11.0. The number of rotatable bonds is 7. The van der Waals surface area contributed by atoms with E-state index in [1.54, 1.807) is 0 Å². The zero-order valence-corrected chi connectivity index (χ0v) is 11.0. The van der Waals surface area contributed by atoms with Crippen molar-refractivity contribution in [1.29, 1.82) is 0 Å². The molecule has 0 unspecified atom stereocenters. The summed E-state index contributed by atoms with van der Waals surface area (Å²) < 4.78 is 5.23. The van der Waals surface area contributed by atoms with Crippen molar-refractivity contribution < 1.29 is 19.4 Å². The molecule has 0 amide bonds. The summed E-state index contributed by atoms with van der Waals surface area (Å²) in [5.74, 6) is -0.716. The van der Waals surface area contributed by atoms with Crippen LogP contribution >= 0.6 is 0 Å². The molecule has 0 aromatic heterocycles. The molecule has 0 heterocycles. The first-order chi connectivity index (χ1) is 9.04. The van der Waals surface area contributed by atoms with Crippen LogP contribution in [-0.4, -0.2) is 17.0 Å². The van der Waals surface area contributed by atoms with Gasteiger partial charge in [0.25, 0.3) is 0 Å². The maximum atomic E-state index is 11.3. The van der Waals surface area contributed by atoms with Crippen molar-refractivity contribution in [3.05, 3.63) is 42.0 Å². The number of hydrogen-bond donors (Lipinski definition) is 1. The fraction of sp³-hybridized carbons (Fsp3) is 0.333. The molecular formula is C15H18O4. The lowest BCUT2D eigenvalue weighted by Crippen LogP contribution is -2.07. The highest BCUT2D eigenvalue weighted by Crippen LogP contribution is 2.25. The standard InChI is InChI=1S/C15H18O4/c1-3-14(18)19-15-11(2)7-6-9-12(15)8-4-5-10-13(16)17/h3,6-7,9H,1,4-5,8,10H2,2H3,(H,16,17). The van der Waals surface area contributed by atoms with E-state index in [0.717, 1.165) is 23.6 Å². The van der Waals surface area contributed by atoms with E-state index in [1.807, 2.05) is 25.1 Å². The number of para-hydroxylation sites is 1. The number of ether oxygens (including phenoxy) is 1. The van der Waals surface area contributed by atoms with Crippen LogP contribution in [0.5, 0.6) is 5.75 Å². The Morgan fingerprint density at radius 1 is 1.37 bits per heavy atom. The van der Waals surface area contributed by atoms with Crippen molar-refractivity contribution in [3.63, 3.8) is 0 Å². The molecule has 4 nitrogen and oxygen atoms in total. The molecule has 4 heteroatoms. The van der Waals surface area contributed by atoms with Gasteiger partial charge in [-0.15, -0.1) is 0 Å². The van der Waals surface area contributed by atoms with Crippen molar-refractivity contribution in [2.75, 3.05) is 0 Å². The average Bonchev–Trinajstić information content (AvgIpc) is 2.37. The number of carboxylic acid groups (broad SMARTS) is 1. The largest absolute Gasteiger partial charge is 0.481 e. The highest BCUT2D eigenvalue weighted by molar-refractivity contribution is 5.83. The molecule has 0 saturated carbocycles. The minimum atomic E-state index is -0.789. The van der Waals surface area contributed by atoms with E-state index in [0.29, 0.717) is 18.6 Å². The number of esters is 1. The van der Waals surface area contributed by atoms with Crippen LogP contribution in [0.2, 0.25) is 0 Å². The zero-order chi connectivity index (χ0) is 14.3. The van der Waals surface area contributed by atoms with Crippen LogP contribution in [0.15, 0.2) is 30.9 Å². The summed E-state index contributed by atoms with van der Waals surface area (Å²) in [6.07, 6.45) is 3.33. The van der Waals surface area contributed by atoms with Crippen molar-refractivity contribution in [3.8, 4) is 5.75 Å². The third-order valence-electron chi connectivity index (χ3n) is 2.75. The molecule has 1 aromatic rings. The van der Waals surface area contributed by atoms with E-state index in [-0.39, 0.29) is 6.42 Å². The van der Waals surface area contributed by atoms with Gasteiger partial charge in [0.2, 0.25) is 0 Å². The second kappa shape index (κ2) is 7.36. The number of carboxylic acids is 1. The van der Waals surface area contributed by atoms with Gasteiger partial charge in [-0.3, -0.25) is 4.79 Å². The molecule has 1 rings (SSSR count). The molecule has 0 spiro atoms. The molecule has 0 aliphatic rings. The Balaban J connectivity index is 2.71. The molecule has 0 fully saturated rings. The lowest BCUT2D eigenvalue weighted by molar-refractivity contribution is -0.137. The molecule has 0 saturated heterocycles. The quantitative estimate of drug-likeness (QED) is 0.355. The Kier molecular flexibility index (Phi) is 5.79. The first-order valence-corrected chi connectivity index (χ1v) is 6.19. The fourth-order valence-electron chi connectivity index (χ4n) is 1.79. The summed E-state index contributed by atoms with van der Waals surface area (Å²) in [7, 11) is 0. The van der Waals surface area contributed by atoms with Crippen molar-refractivity contribution >= 4 is 11.9 Å². The molecule has 0 bridgehead atoms. The van der Waals surface area contributed by atoms with Crippen LogP contribution < -0.4 is 4.74 Å². The Hall–Kier alpha value is -2.10. The van der Waals surface area contributed by atoms with E-state index in [9.17, 15) is 9.59 Å². The molecule has 0 aliphatic carbocycles. The normalized spacial score (nSPS) is 9.95. The number of carbonyl (C=O) groups excluding carboxylic acids is 1. The first-order valence-electron chi connectivity index (χ1n) is 6.19. The summed E-state index contributed by atoms with van der Waals surface area (Å²) in [4.78, 5) is 21.7. The van der Waals surface area contributed by atoms with E-state index >= 15 is 0 Å². The first kappa shape index (κ1) is 15.0. The predicted octanol–water partition coefficient (Wildman–Crippen LogP) is 2.88. The van der Waals surface area contributed by atoms with Crippen LogP contribution in [0.3, 0.4) is 0 Å². The summed E-state index contributed by atoms with van der Waals surface area (Å²) in [6, 6.07) is 5.65. The Bertz CT molecular complexity index is 477. The Labute approximate surface area is 112 Å². The van der Waals surface area contributed by atoms with Gasteiger partial charge >= 0.3 is 11.9 Å². The number of hydrogen-bond acceptors (Lipinski definition) is 3. The van der Waals surface area contributed by atoms with Crippen LogP contribution in [-0.2, 0) is 16.0 Å². The number of benzene rings is 1. The maximum absolute atomic E-state index is 11.3. The van der Waals surface area contributed by atoms with Crippen LogP contribution in [0, 0.1) is 6.92 Å². The molecule has 0 aliphatic heterocycles. The fourth-order valence-corrected chi connectivity index (χ4v) is 1.79. The highest BCUT2D eigenvalue weighted by Gasteiger charge is 2.10. The van der Waals surface area contributed by atoms with E-state index < -0.39 is 11.9 Å². The number of aliphatic carboxylic acids is 1. The molecule has 0 radical (unpaired) electrons. The van der Waals surface area contributed by atoms with Crippen molar-refractivity contribution in [2.45, 2.75) is 32.6 Å². The number of carbonyl (C=O) groups is 2. The summed E-state index contributed by atoms with van der Waals surface area (Å²) in [6.45, 7) is 5.24. The minimum absolute atomic E-state index is 0.160. The molecule has 1 N–H and O–H groups in total. The minimum Gasteiger partial charge on any atom is -0.481 e. The van der Waals surface area contributed by atoms with Gasteiger partial charge in [-0.1, -0.05) is 24.8 Å². The molecular weight excluding hydrogens is 244 g/mol. The monoisotopic (exact) mass is 262 g/mol. The van der Waals surface area contributed by atoms with Gasteiger partial charge in [0, 0.05) is 12.5 Å². The Morgan fingerprint density at radius 2 is 2.11 bits per heavy atom. The third kappa shape index (κ3) is 4.95. The highest BCUT2D eigenvalue weighted by atomic mass is 16.5. The molecule has 102 valence electrons. The Morgan fingerprint density at radius 3 is 2.74 bits per heavy atom. The van der Waals surface area contributed by atoms with Gasteiger partial charge in [-0.05, 0) is 37.3 Å². The van der Waals surface area contributed by atoms with Gasteiger partial charge in [0.15, 0.2) is 0 Å². The van der Waals surface area contributed by atoms with E-state index in [4.69, 9.17) is 9.84 Å². The topological polar surface area (TPSA) is 63.6 Å². The lowest BCUT2D eigenvalue weighted by Gasteiger charge is -2.11. The van der Waals surface area contributed by atoms with Gasteiger partial charge in [-0.2, -0.15) is 0 Å². The average molecular weight is 262 g/mol. The van der Waals surface area contributed by atoms with Crippen LogP contribution in [0.1, 0.15) is 30.4 Å². The molecule has 1 aromatic carbocycles. The molecule has 0 atom stereocenters. The van der Waals surface area contributed by atoms with Gasteiger partial charge in [0.05, 0.1) is 0 Å². The smallest absolute Gasteiger partial charge is 0.335 e. The predicted molar refractivity (Wildman–Crippen MR) is 72.2 cm³/mol. The van der Waals surface area contributed by atoms with Crippen molar-refractivity contribution in [2.24, 2.45) is 0 Å². The second-order valence-electron chi connectivity index (χ2n) is 4.29. The van der Waals surface area contributed by atoms with Gasteiger partial charge < -0.3 is 9.84 Å². The maximum Gasteiger partial charge on any atom is 0.335 e. The SMILES string of the molecule is C=CC(=O)Oc1c(C)cccc1CCCCC(=O)O. The summed E-state index contributed by atoms with van der Waals surface area (Å²) >= 11 is 0. The van der Waals surface area contributed by atoms with Crippen LogP contribution in [0.4, 0.5) is 0 Å². The van der Waals surface area contributed by atoms with Gasteiger partial charge in [0.1, 0.15) is 5.75 Å². The summed E-state index contributed by atoms with van der Waals surface area (Å²) in [5.41, 5.74) is 1.80. The third-order valence-corrected chi connectivity index (χ3v) is 2.75. The van der Waals surface area contributed by atoms with Gasteiger partial charge in [-0.25, -0.2) is 4.79 Å². The van der Waals surface area contributed by atoms with E-state index in [2.05, 4.69) is 6.58 Å². The number of aryl methyl sites for hydroxylation is 2. The second-order valence-corrected chi connectivity index (χ2v) is 4.29. The van der Waals surface area contributed by atoms with Crippen molar-refractivity contribution in [1.82, 2.24) is 0 Å². The lowest BCUT2D eigenvalue weighted by atomic mass is 10.0. The van der Waals surface area contributed by atoms with E-state index in [1.165, 1.54) is 0 Å². The number of unbranched alkanes of at least 4 members (excludes halogenated alkanes) is 1.